The monoisotopic (exact) mass is 465 g/mol. The molecular weight excluding hydrogens is 442 g/mol. The fourth-order valence-corrected chi connectivity index (χ4v) is 3.30. The number of ether oxygens (including phenoxy) is 2. The number of amides is 2. The Morgan fingerprint density at radius 2 is 1.70 bits per heavy atom. The maximum Gasteiger partial charge on any atom is 0.329 e. The summed E-state index contributed by atoms with van der Waals surface area (Å²) >= 11 is 6.14. The molecule has 33 heavy (non-hydrogen) atoms. The van der Waals surface area contributed by atoms with Gasteiger partial charge in [0.2, 0.25) is 0 Å². The summed E-state index contributed by atoms with van der Waals surface area (Å²) in [6, 6.07) is 18.1. The van der Waals surface area contributed by atoms with E-state index >= 15 is 0 Å². The largest absolute Gasteiger partial charge is 0.496 e. The molecule has 0 bridgehead atoms. The van der Waals surface area contributed by atoms with Crippen LogP contribution in [0.1, 0.15) is 22.3 Å². The van der Waals surface area contributed by atoms with Gasteiger partial charge in [0.1, 0.15) is 18.1 Å². The molecule has 0 aliphatic rings. The Morgan fingerprint density at radius 3 is 2.39 bits per heavy atom. The van der Waals surface area contributed by atoms with Crippen molar-refractivity contribution in [1.82, 2.24) is 5.43 Å². The van der Waals surface area contributed by atoms with Crippen molar-refractivity contribution < 1.29 is 19.1 Å². The van der Waals surface area contributed by atoms with Crippen LogP contribution in [0.2, 0.25) is 5.02 Å². The third-order valence-electron chi connectivity index (χ3n) is 4.83. The molecule has 170 valence electrons. The molecule has 0 aliphatic heterocycles. The molecule has 0 saturated heterocycles. The van der Waals surface area contributed by atoms with E-state index in [1.165, 1.54) is 6.21 Å². The minimum Gasteiger partial charge on any atom is -0.496 e. The summed E-state index contributed by atoms with van der Waals surface area (Å²) in [6.07, 6.45) is 1.43. The van der Waals surface area contributed by atoms with Crippen LogP contribution in [-0.2, 0) is 16.2 Å². The maximum atomic E-state index is 12.2. The first-order valence-electron chi connectivity index (χ1n) is 10.1. The van der Waals surface area contributed by atoms with Gasteiger partial charge in [0, 0.05) is 11.3 Å². The van der Waals surface area contributed by atoms with Gasteiger partial charge in [-0.25, -0.2) is 5.43 Å². The van der Waals surface area contributed by atoms with E-state index in [0.29, 0.717) is 27.8 Å². The van der Waals surface area contributed by atoms with E-state index in [9.17, 15) is 9.59 Å². The molecule has 0 saturated carbocycles. The number of carbonyl (C=O) groups is 2. The highest BCUT2D eigenvalue weighted by Crippen LogP contribution is 2.26. The van der Waals surface area contributed by atoms with E-state index in [2.05, 4.69) is 15.8 Å². The number of hydrogen-bond acceptors (Lipinski definition) is 5. The first kappa shape index (κ1) is 23.8. The van der Waals surface area contributed by atoms with E-state index in [4.69, 9.17) is 21.1 Å². The standard InChI is InChI=1S/C25H24ClN3O4/c1-16-7-6-8-17(2)23(16)28-24(30)25(31)29-27-14-18-11-12-21(32-3)19(13-18)15-33-22-10-5-4-9-20(22)26/h4-14H,15H2,1-3H3,(H,28,30)(H,29,31)/b27-14+. The van der Waals surface area contributed by atoms with Gasteiger partial charge in [-0.05, 0) is 60.9 Å². The predicted molar refractivity (Wildman–Crippen MR) is 129 cm³/mol. The number of halogens is 1. The number of benzene rings is 3. The zero-order valence-corrected chi connectivity index (χ0v) is 19.3. The van der Waals surface area contributed by atoms with E-state index in [-0.39, 0.29) is 6.61 Å². The number of hydrazone groups is 1. The van der Waals surface area contributed by atoms with Crippen LogP contribution in [0.15, 0.2) is 65.8 Å². The van der Waals surface area contributed by atoms with Crippen molar-refractivity contribution in [2.75, 3.05) is 12.4 Å². The van der Waals surface area contributed by atoms with E-state index in [1.807, 2.05) is 50.2 Å². The van der Waals surface area contributed by atoms with Gasteiger partial charge in [0.25, 0.3) is 0 Å². The van der Waals surface area contributed by atoms with Crippen molar-refractivity contribution in [1.29, 1.82) is 0 Å². The van der Waals surface area contributed by atoms with Crippen molar-refractivity contribution in [3.8, 4) is 11.5 Å². The normalized spacial score (nSPS) is 10.7. The number of methoxy groups -OCH3 is 1. The summed E-state index contributed by atoms with van der Waals surface area (Å²) in [7, 11) is 1.57. The molecule has 2 amide bonds. The quantitative estimate of drug-likeness (QED) is 0.302. The molecule has 0 aromatic heterocycles. The second-order valence-electron chi connectivity index (χ2n) is 7.21. The Morgan fingerprint density at radius 1 is 0.970 bits per heavy atom. The molecule has 3 aromatic rings. The Hall–Kier alpha value is -3.84. The summed E-state index contributed by atoms with van der Waals surface area (Å²) in [6.45, 7) is 3.93. The summed E-state index contributed by atoms with van der Waals surface area (Å²) in [4.78, 5) is 24.3. The van der Waals surface area contributed by atoms with Crippen LogP contribution in [0.4, 0.5) is 5.69 Å². The summed E-state index contributed by atoms with van der Waals surface area (Å²) < 4.78 is 11.2. The molecule has 0 aliphatic carbocycles. The summed E-state index contributed by atoms with van der Waals surface area (Å²) in [5, 5.41) is 7.02. The lowest BCUT2D eigenvalue weighted by Crippen LogP contribution is -2.32. The minimum atomic E-state index is -0.871. The van der Waals surface area contributed by atoms with Gasteiger partial charge in [-0.3, -0.25) is 9.59 Å². The molecule has 0 radical (unpaired) electrons. The fourth-order valence-electron chi connectivity index (χ4n) is 3.11. The van der Waals surface area contributed by atoms with Crippen LogP contribution >= 0.6 is 11.6 Å². The summed E-state index contributed by atoms with van der Waals surface area (Å²) in [5.41, 5.74) is 6.03. The van der Waals surface area contributed by atoms with Crippen LogP contribution in [0.5, 0.6) is 11.5 Å². The van der Waals surface area contributed by atoms with Crippen molar-refractivity contribution in [3.63, 3.8) is 0 Å². The van der Waals surface area contributed by atoms with Crippen molar-refractivity contribution in [2.24, 2.45) is 5.10 Å². The number of nitrogens with one attached hydrogen (secondary N) is 2. The van der Waals surface area contributed by atoms with Gasteiger partial charge in [-0.2, -0.15) is 5.10 Å². The third kappa shape index (κ3) is 6.33. The molecule has 7 nitrogen and oxygen atoms in total. The minimum absolute atomic E-state index is 0.221. The Bertz CT molecular complexity index is 1170. The number of rotatable bonds is 7. The highest BCUT2D eigenvalue weighted by Gasteiger charge is 2.15. The second-order valence-corrected chi connectivity index (χ2v) is 7.62. The first-order valence-corrected chi connectivity index (χ1v) is 10.5. The maximum absolute atomic E-state index is 12.2. The smallest absolute Gasteiger partial charge is 0.329 e. The first-order chi connectivity index (χ1) is 15.9. The number of anilines is 1. The second kappa shape index (κ2) is 11.2. The van der Waals surface area contributed by atoms with E-state index < -0.39 is 11.8 Å². The lowest BCUT2D eigenvalue weighted by atomic mass is 10.1. The lowest BCUT2D eigenvalue weighted by Gasteiger charge is -2.12. The molecule has 3 rings (SSSR count). The van der Waals surface area contributed by atoms with Crippen LogP contribution in [0, 0.1) is 13.8 Å². The lowest BCUT2D eigenvalue weighted by molar-refractivity contribution is -0.136. The molecule has 0 spiro atoms. The molecule has 0 heterocycles. The van der Waals surface area contributed by atoms with Gasteiger partial charge in [-0.15, -0.1) is 0 Å². The zero-order valence-electron chi connectivity index (χ0n) is 18.5. The molecular formula is C25H24ClN3O4. The van der Waals surface area contributed by atoms with Gasteiger partial charge in [0.15, 0.2) is 0 Å². The molecule has 0 fully saturated rings. The highest BCUT2D eigenvalue weighted by molar-refractivity contribution is 6.39. The van der Waals surface area contributed by atoms with Crippen LogP contribution in [0.25, 0.3) is 0 Å². The Kier molecular flexibility index (Phi) is 8.05. The van der Waals surface area contributed by atoms with Gasteiger partial charge >= 0.3 is 11.8 Å². The Balaban J connectivity index is 1.63. The van der Waals surface area contributed by atoms with Crippen LogP contribution < -0.4 is 20.2 Å². The molecule has 8 heteroatoms. The van der Waals surface area contributed by atoms with E-state index in [1.54, 1.807) is 31.4 Å². The number of aryl methyl sites for hydroxylation is 2. The fraction of sp³-hybridized carbons (Fsp3) is 0.160. The van der Waals surface area contributed by atoms with Crippen LogP contribution in [0.3, 0.4) is 0 Å². The van der Waals surface area contributed by atoms with Gasteiger partial charge < -0.3 is 14.8 Å². The van der Waals surface area contributed by atoms with Gasteiger partial charge in [0.05, 0.1) is 18.3 Å². The highest BCUT2D eigenvalue weighted by atomic mass is 35.5. The third-order valence-corrected chi connectivity index (χ3v) is 5.14. The van der Waals surface area contributed by atoms with Crippen molar-refractivity contribution in [2.45, 2.75) is 20.5 Å². The Labute approximate surface area is 197 Å². The SMILES string of the molecule is COc1ccc(/C=N/NC(=O)C(=O)Nc2c(C)cccc2C)cc1COc1ccccc1Cl. The number of para-hydroxylation sites is 2. The topological polar surface area (TPSA) is 89.0 Å². The van der Waals surface area contributed by atoms with E-state index in [0.717, 1.165) is 16.7 Å². The number of nitrogens with zero attached hydrogens (tertiary/aromatic N) is 1. The average molecular weight is 466 g/mol. The van der Waals surface area contributed by atoms with Crippen molar-refractivity contribution in [3.05, 3.63) is 87.9 Å². The molecule has 2 N–H and O–H groups in total. The molecule has 0 unspecified atom stereocenters. The zero-order chi connectivity index (χ0) is 23.8. The molecule has 0 atom stereocenters. The van der Waals surface area contributed by atoms with Crippen LogP contribution in [-0.4, -0.2) is 25.1 Å². The average Bonchev–Trinajstić information content (AvgIpc) is 2.81. The van der Waals surface area contributed by atoms with Gasteiger partial charge in [-0.1, -0.05) is 41.9 Å². The number of hydrogen-bond donors (Lipinski definition) is 2. The summed E-state index contributed by atoms with van der Waals surface area (Å²) in [5.74, 6) is -0.475. The predicted octanol–water partition coefficient (Wildman–Crippen LogP) is 4.63. The van der Waals surface area contributed by atoms with Crippen molar-refractivity contribution >= 4 is 35.3 Å². The molecule has 3 aromatic carbocycles. The number of carbonyl (C=O) groups excluding carboxylic acids is 2.